The lowest BCUT2D eigenvalue weighted by molar-refractivity contribution is 0.0953. The van der Waals surface area contributed by atoms with Crippen LogP contribution in [0.4, 0.5) is 0 Å². The van der Waals surface area contributed by atoms with E-state index >= 15 is 0 Å². The first-order chi connectivity index (χ1) is 13.5. The highest BCUT2D eigenvalue weighted by Gasteiger charge is 2.27. The predicted molar refractivity (Wildman–Crippen MR) is 112 cm³/mol. The Bertz CT molecular complexity index is 1090. The van der Waals surface area contributed by atoms with Gasteiger partial charge in [-0.1, -0.05) is 18.2 Å². The number of benzene rings is 1. The summed E-state index contributed by atoms with van der Waals surface area (Å²) in [6.45, 7) is 6.63. The van der Waals surface area contributed by atoms with E-state index in [1.54, 1.807) is 0 Å². The van der Waals surface area contributed by atoms with Gasteiger partial charge in [0.2, 0.25) is 0 Å². The highest BCUT2D eigenvalue weighted by Crippen LogP contribution is 2.35. The number of amides is 1. The van der Waals surface area contributed by atoms with Crippen molar-refractivity contribution < 1.29 is 4.79 Å². The lowest BCUT2D eigenvalue weighted by Crippen LogP contribution is -2.27. The molecule has 1 saturated carbocycles. The van der Waals surface area contributed by atoms with E-state index in [1.807, 2.05) is 32.0 Å². The molecular formula is C21H25N5OS. The third-order valence-electron chi connectivity index (χ3n) is 5.36. The summed E-state index contributed by atoms with van der Waals surface area (Å²) in [7, 11) is 0. The molecule has 2 N–H and O–H groups in total. The third kappa shape index (κ3) is 3.42. The molecule has 1 fully saturated rings. The lowest BCUT2D eigenvalue weighted by Gasteiger charge is -2.13. The predicted octanol–water partition coefficient (Wildman–Crippen LogP) is 3.96. The summed E-state index contributed by atoms with van der Waals surface area (Å²) in [5, 5.41) is 10.2. The molecule has 1 amide bonds. The molecule has 1 aromatic carbocycles. The summed E-state index contributed by atoms with van der Waals surface area (Å²) >= 11 is 5.31. The second-order valence-corrected chi connectivity index (χ2v) is 7.85. The molecule has 4 rings (SSSR count). The van der Waals surface area contributed by atoms with Crippen LogP contribution in [0.3, 0.4) is 0 Å². The lowest BCUT2D eigenvalue weighted by atomic mass is 10.2. The van der Waals surface area contributed by atoms with Gasteiger partial charge in [-0.15, -0.1) is 0 Å². The van der Waals surface area contributed by atoms with Crippen molar-refractivity contribution in [2.24, 2.45) is 0 Å². The zero-order valence-corrected chi connectivity index (χ0v) is 17.3. The van der Waals surface area contributed by atoms with E-state index in [9.17, 15) is 4.79 Å². The van der Waals surface area contributed by atoms with Crippen molar-refractivity contribution in [3.8, 4) is 5.69 Å². The van der Waals surface area contributed by atoms with E-state index in [-0.39, 0.29) is 5.91 Å². The maximum Gasteiger partial charge on any atom is 0.253 e. The fraction of sp³-hybridized carbons (Fsp3) is 0.381. The van der Waals surface area contributed by atoms with E-state index in [0.29, 0.717) is 29.3 Å². The van der Waals surface area contributed by atoms with Gasteiger partial charge in [0.1, 0.15) is 5.82 Å². The number of nitrogens with zero attached hydrogens (tertiary/aromatic N) is 3. The molecule has 1 aliphatic carbocycles. The second kappa shape index (κ2) is 7.39. The van der Waals surface area contributed by atoms with Crippen LogP contribution in [0.15, 0.2) is 30.3 Å². The van der Waals surface area contributed by atoms with Gasteiger partial charge in [0.05, 0.1) is 5.56 Å². The van der Waals surface area contributed by atoms with E-state index < -0.39 is 0 Å². The molecule has 7 heteroatoms. The minimum atomic E-state index is -0.0555. The van der Waals surface area contributed by atoms with E-state index in [2.05, 4.69) is 43.7 Å². The van der Waals surface area contributed by atoms with Crippen molar-refractivity contribution in [1.29, 1.82) is 0 Å². The van der Waals surface area contributed by atoms with Crippen LogP contribution in [-0.2, 0) is 6.42 Å². The Kier molecular flexibility index (Phi) is 4.93. The molecule has 0 atom stereocenters. The largest absolute Gasteiger partial charge is 0.352 e. The van der Waals surface area contributed by atoms with Gasteiger partial charge in [-0.05, 0) is 63.5 Å². The maximum atomic E-state index is 12.8. The number of para-hydroxylation sites is 1. The Morgan fingerprint density at radius 1 is 1.29 bits per heavy atom. The monoisotopic (exact) mass is 395 g/mol. The SMILES string of the molecule is Cc1ccccc1-n1c(C)cc(C(=O)NCCc2n[nH]c(=S)n2C2CC2)c1C. The highest BCUT2D eigenvalue weighted by molar-refractivity contribution is 7.71. The van der Waals surface area contributed by atoms with Gasteiger partial charge in [-0.3, -0.25) is 9.89 Å². The van der Waals surface area contributed by atoms with Gasteiger partial charge in [0.15, 0.2) is 4.77 Å². The van der Waals surface area contributed by atoms with Crippen molar-refractivity contribution in [3.05, 3.63) is 63.4 Å². The summed E-state index contributed by atoms with van der Waals surface area (Å²) < 4.78 is 4.90. The summed E-state index contributed by atoms with van der Waals surface area (Å²) in [4.78, 5) is 12.8. The number of aromatic amines is 1. The number of aryl methyl sites for hydroxylation is 2. The van der Waals surface area contributed by atoms with Crippen molar-refractivity contribution in [2.45, 2.75) is 46.1 Å². The van der Waals surface area contributed by atoms with Crippen LogP contribution in [-0.4, -0.2) is 31.8 Å². The van der Waals surface area contributed by atoms with Gasteiger partial charge < -0.3 is 14.5 Å². The summed E-state index contributed by atoms with van der Waals surface area (Å²) in [5.74, 6) is 0.859. The molecule has 2 heterocycles. The van der Waals surface area contributed by atoms with Gasteiger partial charge in [-0.2, -0.15) is 5.10 Å². The average molecular weight is 396 g/mol. The molecular weight excluding hydrogens is 370 g/mol. The zero-order chi connectivity index (χ0) is 19.8. The first-order valence-corrected chi connectivity index (χ1v) is 10.1. The molecule has 2 aromatic heterocycles. The van der Waals surface area contributed by atoms with Crippen molar-refractivity contribution in [2.75, 3.05) is 6.54 Å². The van der Waals surface area contributed by atoms with Crippen LogP contribution in [0.2, 0.25) is 0 Å². The fourth-order valence-electron chi connectivity index (χ4n) is 3.78. The molecule has 146 valence electrons. The number of hydrogen-bond acceptors (Lipinski definition) is 3. The number of H-pyrrole nitrogens is 1. The molecule has 0 radical (unpaired) electrons. The van der Waals surface area contributed by atoms with Gasteiger partial charge >= 0.3 is 0 Å². The average Bonchev–Trinajstić information content (AvgIpc) is 3.37. The number of rotatable bonds is 6. The molecule has 28 heavy (non-hydrogen) atoms. The Morgan fingerprint density at radius 2 is 2.04 bits per heavy atom. The van der Waals surface area contributed by atoms with Crippen LogP contribution < -0.4 is 5.32 Å². The molecule has 0 aliphatic heterocycles. The van der Waals surface area contributed by atoms with Crippen molar-refractivity contribution in [1.82, 2.24) is 24.6 Å². The minimum absolute atomic E-state index is 0.0555. The molecule has 0 bridgehead atoms. The fourth-order valence-corrected chi connectivity index (χ4v) is 4.08. The van der Waals surface area contributed by atoms with Gasteiger partial charge in [0, 0.05) is 36.1 Å². The van der Waals surface area contributed by atoms with E-state index in [4.69, 9.17) is 12.2 Å². The highest BCUT2D eigenvalue weighted by atomic mass is 32.1. The minimum Gasteiger partial charge on any atom is -0.352 e. The van der Waals surface area contributed by atoms with Crippen LogP contribution in [0, 0.1) is 25.5 Å². The standard InChI is InChI=1S/C21H25N5OS/c1-13-6-4-5-7-18(13)25-14(2)12-17(15(25)3)20(27)22-11-10-19-23-24-21(28)26(19)16-8-9-16/h4-7,12,16H,8-11H2,1-3H3,(H,22,27)(H,24,28). The normalized spacial score (nSPS) is 13.7. The molecule has 6 nitrogen and oxygen atoms in total. The van der Waals surface area contributed by atoms with E-state index in [1.165, 1.54) is 5.56 Å². The number of hydrogen-bond donors (Lipinski definition) is 2. The number of aromatic nitrogens is 4. The Morgan fingerprint density at radius 3 is 2.75 bits per heavy atom. The third-order valence-corrected chi connectivity index (χ3v) is 5.64. The van der Waals surface area contributed by atoms with Crippen LogP contribution in [0.1, 0.15) is 52.0 Å². The van der Waals surface area contributed by atoms with Crippen molar-refractivity contribution in [3.63, 3.8) is 0 Å². The molecule has 0 unspecified atom stereocenters. The van der Waals surface area contributed by atoms with Crippen LogP contribution >= 0.6 is 12.2 Å². The van der Waals surface area contributed by atoms with Crippen molar-refractivity contribution >= 4 is 18.1 Å². The Hall–Kier alpha value is -2.67. The molecule has 0 spiro atoms. The summed E-state index contributed by atoms with van der Waals surface area (Å²) in [6.07, 6.45) is 2.96. The molecule has 3 aromatic rings. The first-order valence-electron chi connectivity index (χ1n) is 9.66. The smallest absolute Gasteiger partial charge is 0.253 e. The first kappa shape index (κ1) is 18.7. The maximum absolute atomic E-state index is 12.8. The van der Waals surface area contributed by atoms with Gasteiger partial charge in [0.25, 0.3) is 5.91 Å². The number of carbonyl (C=O) groups is 1. The van der Waals surface area contributed by atoms with Gasteiger partial charge in [-0.25, -0.2) is 0 Å². The molecule has 0 saturated heterocycles. The van der Waals surface area contributed by atoms with Crippen LogP contribution in [0.25, 0.3) is 5.69 Å². The number of nitrogens with one attached hydrogen (secondary N) is 2. The summed E-state index contributed by atoms with van der Waals surface area (Å²) in [6, 6.07) is 10.6. The topological polar surface area (TPSA) is 67.6 Å². The Labute approximate surface area is 169 Å². The Balaban J connectivity index is 1.48. The summed E-state index contributed by atoms with van der Waals surface area (Å²) in [5.41, 5.74) is 4.99. The zero-order valence-electron chi connectivity index (χ0n) is 16.5. The second-order valence-electron chi connectivity index (χ2n) is 7.46. The quantitative estimate of drug-likeness (QED) is 0.621. The molecule has 1 aliphatic rings. The number of carbonyl (C=O) groups excluding carboxylic acids is 1. The van der Waals surface area contributed by atoms with Crippen LogP contribution in [0.5, 0.6) is 0 Å². The van der Waals surface area contributed by atoms with E-state index in [0.717, 1.165) is 35.7 Å².